The highest BCUT2D eigenvalue weighted by molar-refractivity contribution is 6.35. The maximum absolute atomic E-state index is 12.2. The molecule has 0 radical (unpaired) electrons. The van der Waals surface area contributed by atoms with Crippen molar-refractivity contribution in [2.45, 2.75) is 26.2 Å². The lowest BCUT2D eigenvalue weighted by Gasteiger charge is -2.38. The van der Waals surface area contributed by atoms with Gasteiger partial charge in [-0.05, 0) is 51.4 Å². The number of carbonyl (C=O) groups is 2. The van der Waals surface area contributed by atoms with Crippen LogP contribution in [0, 0.1) is 5.41 Å². The summed E-state index contributed by atoms with van der Waals surface area (Å²) in [4.78, 5) is 28.2. The smallest absolute Gasteiger partial charge is 0.311 e. The molecule has 120 valence electrons. The lowest BCUT2D eigenvalue weighted by Crippen LogP contribution is -2.48. The first-order chi connectivity index (χ1) is 10.0. The first-order valence-corrected chi connectivity index (χ1v) is 7.97. The van der Waals surface area contributed by atoms with Crippen LogP contribution in [0.25, 0.3) is 0 Å². The Kier molecular flexibility index (Phi) is 5.58. The van der Waals surface area contributed by atoms with Gasteiger partial charge in [-0.2, -0.15) is 0 Å². The molecule has 0 bridgehead atoms. The average Bonchev–Trinajstić information content (AvgIpc) is 2.77. The zero-order valence-corrected chi connectivity index (χ0v) is 13.3. The van der Waals surface area contributed by atoms with E-state index < -0.39 is 5.91 Å². The van der Waals surface area contributed by atoms with E-state index in [9.17, 15) is 9.59 Å². The Hall–Kier alpha value is -1.14. The minimum atomic E-state index is -0.447. The molecule has 2 aliphatic heterocycles. The van der Waals surface area contributed by atoms with Crippen molar-refractivity contribution in [3.63, 3.8) is 0 Å². The Bertz CT molecular complexity index is 370. The number of amides is 2. The van der Waals surface area contributed by atoms with E-state index in [-0.39, 0.29) is 11.3 Å². The highest BCUT2D eigenvalue weighted by atomic mass is 16.2. The number of likely N-dealkylation sites (tertiary alicyclic amines) is 1. The molecular formula is C15H28N4O2. The number of nitrogens with one attached hydrogen (secondary N) is 2. The van der Waals surface area contributed by atoms with Gasteiger partial charge in [0.05, 0.1) is 0 Å². The van der Waals surface area contributed by atoms with Gasteiger partial charge < -0.3 is 20.4 Å². The summed E-state index contributed by atoms with van der Waals surface area (Å²) in [7, 11) is 2.12. The molecule has 0 atom stereocenters. The van der Waals surface area contributed by atoms with Gasteiger partial charge in [-0.3, -0.25) is 9.59 Å². The molecular weight excluding hydrogens is 268 g/mol. The third-order valence-electron chi connectivity index (χ3n) is 4.69. The second-order valence-corrected chi connectivity index (χ2v) is 6.69. The predicted octanol–water partition coefficient (Wildman–Crippen LogP) is -0.344. The van der Waals surface area contributed by atoms with Gasteiger partial charge in [-0.25, -0.2) is 0 Å². The van der Waals surface area contributed by atoms with Crippen molar-refractivity contribution >= 4 is 11.8 Å². The van der Waals surface area contributed by atoms with Crippen LogP contribution in [0.3, 0.4) is 0 Å². The summed E-state index contributed by atoms with van der Waals surface area (Å²) in [6.07, 6.45) is 3.03. The molecule has 0 unspecified atom stereocenters. The van der Waals surface area contributed by atoms with Crippen LogP contribution in [-0.2, 0) is 9.59 Å². The predicted molar refractivity (Wildman–Crippen MR) is 81.9 cm³/mol. The van der Waals surface area contributed by atoms with Crippen molar-refractivity contribution in [2.24, 2.45) is 5.41 Å². The van der Waals surface area contributed by atoms with Gasteiger partial charge in [-0.1, -0.05) is 6.92 Å². The SMILES string of the molecule is CN1CCC(C)(CNC(=O)C(=O)N2CCCNCC2)CC1. The highest BCUT2D eigenvalue weighted by Gasteiger charge is 2.30. The molecule has 0 aliphatic carbocycles. The van der Waals surface area contributed by atoms with Crippen molar-refractivity contribution in [2.75, 3.05) is 52.9 Å². The number of nitrogens with zero attached hydrogens (tertiary/aromatic N) is 2. The van der Waals surface area contributed by atoms with Crippen LogP contribution in [0.15, 0.2) is 0 Å². The standard InChI is InChI=1S/C15H28N4O2/c1-15(4-9-18(2)10-5-15)12-17-13(20)14(21)19-8-3-6-16-7-11-19/h16H,3-12H2,1-2H3,(H,17,20). The Labute approximate surface area is 127 Å². The van der Waals surface area contributed by atoms with Crippen molar-refractivity contribution < 1.29 is 9.59 Å². The molecule has 2 fully saturated rings. The van der Waals surface area contributed by atoms with Gasteiger partial charge >= 0.3 is 11.8 Å². The second-order valence-electron chi connectivity index (χ2n) is 6.69. The fraction of sp³-hybridized carbons (Fsp3) is 0.867. The van der Waals surface area contributed by atoms with Gasteiger partial charge in [0.15, 0.2) is 0 Å². The maximum atomic E-state index is 12.2. The second kappa shape index (κ2) is 7.22. The van der Waals surface area contributed by atoms with Gasteiger partial charge in [-0.15, -0.1) is 0 Å². The van der Waals surface area contributed by atoms with E-state index in [1.165, 1.54) is 0 Å². The highest BCUT2D eigenvalue weighted by Crippen LogP contribution is 2.29. The Morgan fingerprint density at radius 2 is 1.86 bits per heavy atom. The minimum Gasteiger partial charge on any atom is -0.347 e. The molecule has 0 saturated carbocycles. The summed E-state index contributed by atoms with van der Waals surface area (Å²) in [6, 6.07) is 0. The van der Waals surface area contributed by atoms with Crippen LogP contribution in [0.2, 0.25) is 0 Å². The number of rotatable bonds is 2. The summed E-state index contributed by atoms with van der Waals surface area (Å²) in [5, 5.41) is 6.09. The number of piperidine rings is 1. The lowest BCUT2D eigenvalue weighted by atomic mass is 9.80. The summed E-state index contributed by atoms with van der Waals surface area (Å²) in [5.41, 5.74) is 0.114. The Morgan fingerprint density at radius 1 is 1.14 bits per heavy atom. The van der Waals surface area contributed by atoms with Crippen molar-refractivity contribution in [1.29, 1.82) is 0 Å². The number of hydrogen-bond acceptors (Lipinski definition) is 4. The van der Waals surface area contributed by atoms with Crippen LogP contribution in [0.1, 0.15) is 26.2 Å². The Balaban J connectivity index is 1.79. The molecule has 6 heteroatoms. The third-order valence-corrected chi connectivity index (χ3v) is 4.69. The fourth-order valence-corrected chi connectivity index (χ4v) is 2.90. The van der Waals surface area contributed by atoms with E-state index in [1.54, 1.807) is 4.90 Å². The van der Waals surface area contributed by atoms with Crippen LogP contribution >= 0.6 is 0 Å². The molecule has 0 aromatic rings. The van der Waals surface area contributed by atoms with E-state index in [0.29, 0.717) is 19.6 Å². The quantitative estimate of drug-likeness (QED) is 0.684. The van der Waals surface area contributed by atoms with Crippen LogP contribution in [-0.4, -0.2) is 74.5 Å². The van der Waals surface area contributed by atoms with Crippen molar-refractivity contribution in [3.8, 4) is 0 Å². The van der Waals surface area contributed by atoms with Crippen LogP contribution in [0.4, 0.5) is 0 Å². The molecule has 2 amide bonds. The first kappa shape index (κ1) is 16.2. The molecule has 21 heavy (non-hydrogen) atoms. The molecule has 2 saturated heterocycles. The fourth-order valence-electron chi connectivity index (χ4n) is 2.90. The maximum Gasteiger partial charge on any atom is 0.311 e. The van der Waals surface area contributed by atoms with E-state index >= 15 is 0 Å². The normalized spacial score (nSPS) is 23.4. The van der Waals surface area contributed by atoms with Crippen molar-refractivity contribution in [1.82, 2.24) is 20.4 Å². The summed E-state index contributed by atoms with van der Waals surface area (Å²) < 4.78 is 0. The number of hydrogen-bond donors (Lipinski definition) is 2. The van der Waals surface area contributed by atoms with E-state index in [0.717, 1.165) is 45.4 Å². The van der Waals surface area contributed by atoms with Gasteiger partial charge in [0.1, 0.15) is 0 Å². The van der Waals surface area contributed by atoms with E-state index in [2.05, 4.69) is 29.5 Å². The van der Waals surface area contributed by atoms with Gasteiger partial charge in [0.25, 0.3) is 0 Å². The average molecular weight is 296 g/mol. The third kappa shape index (κ3) is 4.68. The number of carbonyl (C=O) groups excluding carboxylic acids is 2. The molecule has 2 rings (SSSR count). The summed E-state index contributed by atoms with van der Waals surface area (Å²) in [6.45, 7) is 7.87. The van der Waals surface area contributed by atoms with E-state index in [4.69, 9.17) is 0 Å². The molecule has 0 aromatic carbocycles. The summed E-state index contributed by atoms with van der Waals surface area (Å²) in [5.74, 6) is -0.827. The van der Waals surface area contributed by atoms with Crippen molar-refractivity contribution in [3.05, 3.63) is 0 Å². The molecule has 2 N–H and O–H groups in total. The Morgan fingerprint density at radius 3 is 2.57 bits per heavy atom. The minimum absolute atomic E-state index is 0.114. The van der Waals surface area contributed by atoms with Crippen LogP contribution < -0.4 is 10.6 Å². The molecule has 0 spiro atoms. The van der Waals surface area contributed by atoms with Gasteiger partial charge in [0, 0.05) is 26.2 Å². The van der Waals surface area contributed by atoms with Gasteiger partial charge in [0.2, 0.25) is 0 Å². The lowest BCUT2D eigenvalue weighted by molar-refractivity contribution is -0.146. The molecule has 2 aliphatic rings. The molecule has 0 aromatic heterocycles. The first-order valence-electron chi connectivity index (χ1n) is 7.97. The van der Waals surface area contributed by atoms with E-state index in [1.807, 2.05) is 0 Å². The zero-order valence-electron chi connectivity index (χ0n) is 13.3. The molecule has 6 nitrogen and oxygen atoms in total. The molecule has 2 heterocycles. The van der Waals surface area contributed by atoms with Crippen LogP contribution in [0.5, 0.6) is 0 Å². The topological polar surface area (TPSA) is 64.7 Å². The zero-order chi connectivity index (χ0) is 15.3. The monoisotopic (exact) mass is 296 g/mol. The summed E-state index contributed by atoms with van der Waals surface area (Å²) >= 11 is 0. The largest absolute Gasteiger partial charge is 0.347 e.